The predicted octanol–water partition coefficient (Wildman–Crippen LogP) is 11.7. The van der Waals surface area contributed by atoms with Gasteiger partial charge in [0, 0.05) is 32.5 Å². The molecule has 0 N–H and O–H groups in total. The third-order valence-corrected chi connectivity index (χ3v) is 10.0. The van der Waals surface area contributed by atoms with Crippen LogP contribution in [0.1, 0.15) is 5.56 Å². The molecule has 6 nitrogen and oxygen atoms in total. The van der Waals surface area contributed by atoms with E-state index in [1.54, 1.807) is 0 Å². The number of furan rings is 2. The Hall–Kier alpha value is -7.23. The Balaban J connectivity index is 1.22. The maximum atomic E-state index is 9.31. The molecule has 0 radical (unpaired) electrons. The van der Waals surface area contributed by atoms with Crippen molar-refractivity contribution in [3.63, 3.8) is 0 Å². The van der Waals surface area contributed by atoms with Crippen LogP contribution in [0.5, 0.6) is 0 Å². The molecule has 0 aliphatic heterocycles. The Morgan fingerprint density at radius 1 is 0.490 bits per heavy atom. The Kier molecular flexibility index (Phi) is 5.64. The summed E-state index contributed by atoms with van der Waals surface area (Å²) in [5.74, 6) is 0.565. The van der Waals surface area contributed by atoms with E-state index in [-0.39, 0.29) is 0 Å². The molecule has 4 aromatic heterocycles. The maximum Gasteiger partial charge on any atom is 0.236 e. The largest absolute Gasteiger partial charge is 0.456 e. The van der Waals surface area contributed by atoms with E-state index in [9.17, 15) is 5.26 Å². The van der Waals surface area contributed by atoms with Gasteiger partial charge in [-0.05, 0) is 88.6 Å². The molecule has 0 unspecified atom stereocenters. The average molecular weight is 653 g/mol. The first kappa shape index (κ1) is 27.7. The van der Waals surface area contributed by atoms with Gasteiger partial charge in [-0.1, -0.05) is 78.9 Å². The molecular formula is C45H24N4O2. The quantitative estimate of drug-likeness (QED) is 0.190. The fourth-order valence-electron chi connectivity index (χ4n) is 7.59. The van der Waals surface area contributed by atoms with Gasteiger partial charge in [-0.3, -0.25) is 4.57 Å². The number of nitriles is 1. The number of rotatable bonds is 3. The van der Waals surface area contributed by atoms with Crippen molar-refractivity contribution in [3.8, 4) is 34.4 Å². The van der Waals surface area contributed by atoms with E-state index in [4.69, 9.17) is 18.8 Å². The summed E-state index contributed by atoms with van der Waals surface area (Å²) in [6, 6.07) is 51.7. The molecule has 51 heavy (non-hydrogen) atoms. The highest BCUT2D eigenvalue weighted by atomic mass is 16.3. The zero-order chi connectivity index (χ0) is 33.6. The van der Waals surface area contributed by atoms with E-state index in [0.717, 1.165) is 76.7 Å². The third kappa shape index (κ3) is 4.09. The molecule has 0 aliphatic rings. The Bertz CT molecular complexity index is 3270. The van der Waals surface area contributed by atoms with Crippen molar-refractivity contribution in [2.45, 2.75) is 0 Å². The molecule has 0 amide bonds. The summed E-state index contributed by atoms with van der Waals surface area (Å²) in [5, 5.41) is 16.9. The Morgan fingerprint density at radius 2 is 1.22 bits per heavy atom. The fraction of sp³-hybridized carbons (Fsp3) is 0. The number of hydrogen-bond donors (Lipinski definition) is 0. The van der Waals surface area contributed by atoms with Crippen LogP contribution in [-0.2, 0) is 0 Å². The lowest BCUT2D eigenvalue weighted by atomic mass is 10.0. The van der Waals surface area contributed by atoms with Crippen LogP contribution in [0.3, 0.4) is 0 Å². The lowest BCUT2D eigenvalue weighted by Crippen LogP contribution is -2.02. The van der Waals surface area contributed by atoms with Gasteiger partial charge in [0.25, 0.3) is 0 Å². The highest BCUT2D eigenvalue weighted by Gasteiger charge is 2.22. The summed E-state index contributed by atoms with van der Waals surface area (Å²) < 4.78 is 15.1. The molecule has 0 fully saturated rings. The number of para-hydroxylation sites is 2. The van der Waals surface area contributed by atoms with E-state index in [1.807, 2.05) is 60.7 Å². The van der Waals surface area contributed by atoms with Crippen LogP contribution in [0.15, 0.2) is 154 Å². The summed E-state index contributed by atoms with van der Waals surface area (Å²) in [6.45, 7) is 0. The van der Waals surface area contributed by atoms with E-state index in [2.05, 4.69) is 95.6 Å². The van der Waals surface area contributed by atoms with Crippen LogP contribution in [0.25, 0.3) is 105 Å². The van der Waals surface area contributed by atoms with Gasteiger partial charge in [0.2, 0.25) is 5.95 Å². The molecule has 0 atom stereocenters. The van der Waals surface area contributed by atoms with Gasteiger partial charge < -0.3 is 8.83 Å². The van der Waals surface area contributed by atoms with Gasteiger partial charge >= 0.3 is 0 Å². The third-order valence-electron chi connectivity index (χ3n) is 10.0. The number of aromatic nitrogens is 3. The number of nitrogens with zero attached hydrogens (tertiary/aromatic N) is 4. The van der Waals surface area contributed by atoms with Gasteiger partial charge in [-0.15, -0.1) is 0 Å². The van der Waals surface area contributed by atoms with E-state index in [0.29, 0.717) is 28.4 Å². The van der Waals surface area contributed by atoms with Gasteiger partial charge in [0.15, 0.2) is 5.58 Å². The maximum absolute atomic E-state index is 9.31. The highest BCUT2D eigenvalue weighted by Crippen LogP contribution is 2.40. The zero-order valence-electron chi connectivity index (χ0n) is 27.0. The molecule has 11 aromatic rings. The van der Waals surface area contributed by atoms with Crippen molar-refractivity contribution in [1.29, 1.82) is 5.26 Å². The normalized spacial score (nSPS) is 11.9. The monoisotopic (exact) mass is 652 g/mol. The summed E-state index contributed by atoms with van der Waals surface area (Å²) in [5.41, 5.74) is 9.99. The number of benzene rings is 7. The minimum Gasteiger partial charge on any atom is -0.456 e. The minimum atomic E-state index is 0.565. The van der Waals surface area contributed by atoms with Crippen LogP contribution in [0.4, 0.5) is 0 Å². The molecule has 6 heteroatoms. The number of fused-ring (bicyclic) bond motifs is 10. The first-order chi connectivity index (χ1) is 25.2. The standard InChI is InChI=1S/C45H24N4O2/c46-25-26-13-15-27(16-14-26)30-17-19-34-41(24-30)51-44-42(31-18-20-40-36(22-31)33-10-4-6-12-39(33)50-40)47-45(48-43(34)44)49-37-11-5-3-9-32(37)35-21-28-7-1-2-8-29(28)23-38(35)49/h1-24H. The van der Waals surface area contributed by atoms with Crippen molar-refractivity contribution < 1.29 is 8.83 Å². The van der Waals surface area contributed by atoms with Crippen LogP contribution in [0, 0.1) is 11.3 Å². The molecule has 0 bridgehead atoms. The number of hydrogen-bond acceptors (Lipinski definition) is 5. The molecule has 7 aromatic carbocycles. The second-order valence-corrected chi connectivity index (χ2v) is 12.9. The van der Waals surface area contributed by atoms with Crippen LogP contribution < -0.4 is 0 Å². The summed E-state index contributed by atoms with van der Waals surface area (Å²) >= 11 is 0. The topological polar surface area (TPSA) is 80.8 Å². The molecule has 4 heterocycles. The van der Waals surface area contributed by atoms with Crippen molar-refractivity contribution >= 4 is 76.6 Å². The lowest BCUT2D eigenvalue weighted by Gasteiger charge is -2.10. The molecule has 0 aliphatic carbocycles. The van der Waals surface area contributed by atoms with Crippen LogP contribution >= 0.6 is 0 Å². The minimum absolute atomic E-state index is 0.565. The fourth-order valence-corrected chi connectivity index (χ4v) is 7.59. The molecular weight excluding hydrogens is 629 g/mol. The Morgan fingerprint density at radius 3 is 2.08 bits per heavy atom. The van der Waals surface area contributed by atoms with Crippen molar-refractivity contribution in [2.75, 3.05) is 0 Å². The first-order valence-corrected chi connectivity index (χ1v) is 16.8. The Labute approximate surface area is 290 Å². The smallest absolute Gasteiger partial charge is 0.236 e. The van der Waals surface area contributed by atoms with Crippen molar-refractivity contribution in [3.05, 3.63) is 151 Å². The summed E-state index contributed by atoms with van der Waals surface area (Å²) in [4.78, 5) is 10.7. The molecule has 236 valence electrons. The van der Waals surface area contributed by atoms with E-state index < -0.39 is 0 Å². The van der Waals surface area contributed by atoms with Crippen LogP contribution in [-0.4, -0.2) is 14.5 Å². The summed E-state index contributed by atoms with van der Waals surface area (Å²) in [6.07, 6.45) is 0. The SMILES string of the molecule is N#Cc1ccc(-c2ccc3c(c2)oc2c(-c4ccc5oc6ccccc6c5c4)nc(-n4c5ccccc5c5cc6ccccc6cc54)nc23)cc1. The van der Waals surface area contributed by atoms with Gasteiger partial charge in [-0.2, -0.15) is 5.26 Å². The molecule has 0 saturated heterocycles. The molecule has 0 spiro atoms. The van der Waals surface area contributed by atoms with Crippen molar-refractivity contribution in [1.82, 2.24) is 14.5 Å². The van der Waals surface area contributed by atoms with Gasteiger partial charge in [0.05, 0.1) is 22.7 Å². The predicted molar refractivity (Wildman–Crippen MR) is 204 cm³/mol. The van der Waals surface area contributed by atoms with Crippen molar-refractivity contribution in [2.24, 2.45) is 0 Å². The van der Waals surface area contributed by atoms with E-state index in [1.165, 1.54) is 5.39 Å². The molecule has 11 rings (SSSR count). The highest BCUT2D eigenvalue weighted by molar-refractivity contribution is 6.14. The van der Waals surface area contributed by atoms with Crippen LogP contribution in [0.2, 0.25) is 0 Å². The second-order valence-electron chi connectivity index (χ2n) is 12.9. The van der Waals surface area contributed by atoms with Gasteiger partial charge in [-0.25, -0.2) is 9.97 Å². The lowest BCUT2D eigenvalue weighted by molar-refractivity contribution is 0.666. The summed E-state index contributed by atoms with van der Waals surface area (Å²) in [7, 11) is 0. The first-order valence-electron chi connectivity index (χ1n) is 16.8. The van der Waals surface area contributed by atoms with Gasteiger partial charge in [0.1, 0.15) is 28.0 Å². The van der Waals surface area contributed by atoms with E-state index >= 15 is 0 Å². The zero-order valence-corrected chi connectivity index (χ0v) is 27.0. The average Bonchev–Trinajstić information content (AvgIpc) is 3.85. The molecule has 0 saturated carbocycles. The second kappa shape index (κ2) is 10.4.